The third-order valence-electron chi connectivity index (χ3n) is 4.62. The van der Waals surface area contributed by atoms with Crippen LogP contribution in [0.5, 0.6) is 0 Å². The molecular formula is C16H21FN. The van der Waals surface area contributed by atoms with Gasteiger partial charge in [0.2, 0.25) is 0 Å². The van der Waals surface area contributed by atoms with Gasteiger partial charge in [0.1, 0.15) is 5.82 Å². The lowest BCUT2D eigenvalue weighted by atomic mass is 9.73. The maximum atomic E-state index is 12.9. The highest BCUT2D eigenvalue weighted by atomic mass is 19.1. The van der Waals surface area contributed by atoms with Gasteiger partial charge in [0.05, 0.1) is 0 Å². The van der Waals surface area contributed by atoms with Gasteiger partial charge < -0.3 is 5.32 Å². The summed E-state index contributed by atoms with van der Waals surface area (Å²) in [5.74, 6) is 3.11. The standard InChI is InChI=1S/C16H21FN/c17-16-7-5-13(6-8-16)12-1-3-14(4-2-12)15-9-10-18-11-15/h5-8,12,14,18H,1-4,9-11H2. The fourth-order valence-corrected chi connectivity index (χ4v) is 3.50. The number of hydrogen-bond acceptors (Lipinski definition) is 1. The topological polar surface area (TPSA) is 12.0 Å². The molecule has 0 spiro atoms. The highest BCUT2D eigenvalue weighted by Gasteiger charge is 2.30. The van der Waals surface area contributed by atoms with Gasteiger partial charge in [0.15, 0.2) is 0 Å². The molecule has 1 N–H and O–H groups in total. The van der Waals surface area contributed by atoms with Crippen molar-refractivity contribution < 1.29 is 4.39 Å². The van der Waals surface area contributed by atoms with Gasteiger partial charge in [-0.1, -0.05) is 12.1 Å². The van der Waals surface area contributed by atoms with Crippen molar-refractivity contribution in [2.24, 2.45) is 5.92 Å². The molecule has 1 saturated heterocycles. The lowest BCUT2D eigenvalue weighted by Crippen LogP contribution is -2.21. The van der Waals surface area contributed by atoms with E-state index in [1.807, 2.05) is 12.1 Å². The molecule has 0 bridgehead atoms. The summed E-state index contributed by atoms with van der Waals surface area (Å²) in [5.41, 5.74) is 1.32. The predicted molar refractivity (Wildman–Crippen MR) is 71.8 cm³/mol. The molecule has 0 atom stereocenters. The van der Waals surface area contributed by atoms with Crippen LogP contribution >= 0.6 is 0 Å². The Balaban J connectivity index is 1.57. The van der Waals surface area contributed by atoms with Crippen LogP contribution in [-0.4, -0.2) is 13.1 Å². The van der Waals surface area contributed by atoms with Crippen LogP contribution in [-0.2, 0) is 0 Å². The first-order valence-corrected chi connectivity index (χ1v) is 7.13. The summed E-state index contributed by atoms with van der Waals surface area (Å²) in [6.45, 7) is 2.32. The van der Waals surface area contributed by atoms with Gasteiger partial charge in [-0.2, -0.15) is 0 Å². The smallest absolute Gasteiger partial charge is 0.123 e. The number of rotatable bonds is 2. The van der Waals surface area contributed by atoms with Crippen LogP contribution in [0.3, 0.4) is 0 Å². The predicted octanol–water partition coefficient (Wildman–Crippen LogP) is 3.67. The molecule has 1 heterocycles. The monoisotopic (exact) mass is 246 g/mol. The molecule has 1 aliphatic heterocycles. The number of nitrogens with one attached hydrogen (secondary N) is 1. The van der Waals surface area contributed by atoms with E-state index < -0.39 is 0 Å². The quantitative estimate of drug-likeness (QED) is 0.839. The normalized spacial score (nSPS) is 29.6. The summed E-state index contributed by atoms with van der Waals surface area (Å²) in [5, 5.41) is 3.44. The fourth-order valence-electron chi connectivity index (χ4n) is 3.50. The molecule has 1 saturated carbocycles. The molecule has 0 amide bonds. The van der Waals surface area contributed by atoms with Crippen molar-refractivity contribution >= 4 is 0 Å². The minimum atomic E-state index is -0.125. The van der Waals surface area contributed by atoms with Crippen LogP contribution in [0.25, 0.3) is 0 Å². The maximum Gasteiger partial charge on any atom is 0.123 e. The first-order valence-electron chi connectivity index (χ1n) is 7.13. The highest BCUT2D eigenvalue weighted by Crippen LogP contribution is 2.40. The van der Waals surface area contributed by atoms with Gasteiger partial charge in [-0.25, -0.2) is 4.39 Å². The molecule has 0 aromatic heterocycles. The number of hydrogen-bond donors (Lipinski definition) is 1. The van der Waals surface area contributed by atoms with Crippen LogP contribution in [0.2, 0.25) is 0 Å². The molecule has 3 rings (SSSR count). The van der Waals surface area contributed by atoms with E-state index in [0.29, 0.717) is 5.92 Å². The summed E-state index contributed by atoms with van der Waals surface area (Å²) in [4.78, 5) is 0. The summed E-state index contributed by atoms with van der Waals surface area (Å²) in [6.07, 6.45) is 6.45. The Kier molecular flexibility index (Phi) is 3.64. The minimum Gasteiger partial charge on any atom is -0.316 e. The molecule has 2 heteroatoms. The zero-order valence-corrected chi connectivity index (χ0v) is 10.8. The van der Waals surface area contributed by atoms with Gasteiger partial charge in [-0.15, -0.1) is 0 Å². The second kappa shape index (κ2) is 5.40. The van der Waals surface area contributed by atoms with Crippen LogP contribution in [0.1, 0.15) is 43.6 Å². The van der Waals surface area contributed by atoms with E-state index >= 15 is 0 Å². The summed E-state index contributed by atoms with van der Waals surface area (Å²) in [6, 6.07) is 7.11. The van der Waals surface area contributed by atoms with Crippen LogP contribution in [0.15, 0.2) is 24.3 Å². The van der Waals surface area contributed by atoms with E-state index in [1.165, 1.54) is 44.2 Å². The van der Waals surface area contributed by atoms with Crippen LogP contribution in [0.4, 0.5) is 4.39 Å². The van der Waals surface area contributed by atoms with Crippen molar-refractivity contribution in [1.29, 1.82) is 0 Å². The minimum absolute atomic E-state index is 0.125. The van der Waals surface area contributed by atoms with Crippen molar-refractivity contribution in [2.45, 2.75) is 38.0 Å². The zero-order valence-electron chi connectivity index (χ0n) is 10.8. The van der Waals surface area contributed by atoms with E-state index in [2.05, 4.69) is 5.32 Å². The van der Waals surface area contributed by atoms with E-state index in [1.54, 1.807) is 18.1 Å². The van der Waals surface area contributed by atoms with Gasteiger partial charge >= 0.3 is 0 Å². The van der Waals surface area contributed by atoms with Crippen molar-refractivity contribution in [3.05, 3.63) is 41.6 Å². The third kappa shape index (κ3) is 2.59. The number of benzene rings is 1. The highest BCUT2D eigenvalue weighted by molar-refractivity contribution is 5.21. The van der Waals surface area contributed by atoms with Gasteiger partial charge in [0.25, 0.3) is 0 Å². The van der Waals surface area contributed by atoms with Gasteiger partial charge in [-0.3, -0.25) is 0 Å². The van der Waals surface area contributed by atoms with Gasteiger partial charge in [-0.05, 0) is 74.1 Å². The summed E-state index contributed by atoms with van der Waals surface area (Å²) >= 11 is 0. The van der Waals surface area contributed by atoms with Crippen molar-refractivity contribution in [2.75, 3.05) is 13.1 Å². The molecular weight excluding hydrogens is 225 g/mol. The average molecular weight is 246 g/mol. The Bertz CT molecular complexity index is 373. The van der Waals surface area contributed by atoms with Crippen LogP contribution in [0, 0.1) is 17.7 Å². The van der Waals surface area contributed by atoms with Crippen molar-refractivity contribution in [1.82, 2.24) is 5.32 Å². The van der Waals surface area contributed by atoms with Crippen molar-refractivity contribution in [3.8, 4) is 0 Å². The molecule has 0 unspecified atom stereocenters. The van der Waals surface area contributed by atoms with E-state index in [9.17, 15) is 4.39 Å². The third-order valence-corrected chi connectivity index (χ3v) is 4.62. The maximum absolute atomic E-state index is 12.9. The molecule has 1 nitrogen and oxygen atoms in total. The SMILES string of the molecule is Fc1ccc(C2CCC([C]3CCNC3)CC2)cc1. The summed E-state index contributed by atoms with van der Waals surface area (Å²) < 4.78 is 12.9. The molecule has 18 heavy (non-hydrogen) atoms. The summed E-state index contributed by atoms with van der Waals surface area (Å²) in [7, 11) is 0. The Morgan fingerprint density at radius 2 is 1.61 bits per heavy atom. The molecule has 1 radical (unpaired) electrons. The lowest BCUT2D eigenvalue weighted by Gasteiger charge is -2.31. The molecule has 1 aromatic carbocycles. The van der Waals surface area contributed by atoms with Crippen molar-refractivity contribution in [3.63, 3.8) is 0 Å². The largest absolute Gasteiger partial charge is 0.316 e. The Morgan fingerprint density at radius 1 is 0.944 bits per heavy atom. The first kappa shape index (κ1) is 12.2. The fraction of sp³-hybridized carbons (Fsp3) is 0.562. The molecule has 2 aliphatic rings. The van der Waals surface area contributed by atoms with E-state index in [0.717, 1.165) is 12.5 Å². The number of halogens is 1. The first-order chi connectivity index (χ1) is 8.83. The van der Waals surface area contributed by atoms with Crippen LogP contribution < -0.4 is 5.32 Å². The van der Waals surface area contributed by atoms with E-state index in [4.69, 9.17) is 0 Å². The van der Waals surface area contributed by atoms with E-state index in [-0.39, 0.29) is 5.82 Å². The molecule has 1 aliphatic carbocycles. The molecule has 2 fully saturated rings. The second-order valence-electron chi connectivity index (χ2n) is 5.69. The molecule has 1 aromatic rings. The second-order valence-corrected chi connectivity index (χ2v) is 5.69. The lowest BCUT2D eigenvalue weighted by molar-refractivity contribution is 0.332. The Morgan fingerprint density at radius 3 is 2.22 bits per heavy atom. The Labute approximate surface area is 109 Å². The Hall–Kier alpha value is -0.890. The zero-order chi connectivity index (χ0) is 12.4. The average Bonchev–Trinajstić information content (AvgIpc) is 2.94. The van der Waals surface area contributed by atoms with Gasteiger partial charge in [0, 0.05) is 6.54 Å². The molecule has 97 valence electrons.